The number of hydrogen-bond acceptors (Lipinski definition) is 4. The number of rotatable bonds is 5. The Kier molecular flexibility index (Phi) is 4.34. The van der Waals surface area contributed by atoms with Crippen LogP contribution >= 0.6 is 11.8 Å². The minimum Gasteiger partial charge on any atom is -0.363 e. The molecule has 0 saturated carbocycles. The molecule has 1 aromatic heterocycles. The molecule has 2 N–H and O–H groups in total. The van der Waals surface area contributed by atoms with Crippen LogP contribution in [0.5, 0.6) is 0 Å². The third kappa shape index (κ3) is 3.04. The smallest absolute Gasteiger partial charge is 0.284 e. The number of hydrogen-bond donors (Lipinski definition) is 1. The van der Waals surface area contributed by atoms with Gasteiger partial charge in [-0.15, -0.1) is 11.8 Å². The molecular formula is C20H17N3O2S. The van der Waals surface area contributed by atoms with Gasteiger partial charge in [0.25, 0.3) is 5.91 Å². The number of amides is 1. The number of fused-ring (bicyclic) bond motifs is 1. The fraction of sp³-hybridized carbons (Fsp3) is 0.150. The van der Waals surface area contributed by atoms with Crippen molar-refractivity contribution in [3.63, 3.8) is 0 Å². The summed E-state index contributed by atoms with van der Waals surface area (Å²) in [6.07, 6.45) is 3.68. The van der Waals surface area contributed by atoms with Crippen molar-refractivity contribution in [2.75, 3.05) is 0 Å². The second-order valence-electron chi connectivity index (χ2n) is 6.20. The van der Waals surface area contributed by atoms with Crippen molar-refractivity contribution < 1.29 is 9.59 Å². The van der Waals surface area contributed by atoms with Crippen LogP contribution in [0.15, 0.2) is 65.8 Å². The average molecular weight is 363 g/mol. The van der Waals surface area contributed by atoms with Crippen molar-refractivity contribution in [1.82, 2.24) is 9.55 Å². The van der Waals surface area contributed by atoms with Gasteiger partial charge in [0, 0.05) is 35.0 Å². The molecule has 2 aromatic carbocycles. The predicted octanol–water partition coefficient (Wildman–Crippen LogP) is 3.25. The maximum Gasteiger partial charge on any atom is 0.284 e. The van der Waals surface area contributed by atoms with E-state index in [0.29, 0.717) is 12.0 Å². The van der Waals surface area contributed by atoms with E-state index in [-0.39, 0.29) is 11.6 Å². The van der Waals surface area contributed by atoms with Crippen LogP contribution in [0.1, 0.15) is 38.1 Å². The number of nitrogens with zero attached hydrogens (tertiary/aromatic N) is 2. The predicted molar refractivity (Wildman–Crippen MR) is 100 cm³/mol. The van der Waals surface area contributed by atoms with E-state index in [1.807, 2.05) is 30.3 Å². The number of benzene rings is 2. The van der Waals surface area contributed by atoms with Crippen LogP contribution < -0.4 is 5.73 Å². The number of imidazole rings is 1. The molecule has 6 heteroatoms. The highest BCUT2D eigenvalue weighted by Gasteiger charge is 2.33. The van der Waals surface area contributed by atoms with Crippen molar-refractivity contribution in [2.24, 2.45) is 5.73 Å². The summed E-state index contributed by atoms with van der Waals surface area (Å²) in [5.74, 6) is 0.373. The number of primary amides is 1. The van der Waals surface area contributed by atoms with E-state index in [9.17, 15) is 9.59 Å². The topological polar surface area (TPSA) is 78.0 Å². The number of aromatic nitrogens is 2. The summed E-state index contributed by atoms with van der Waals surface area (Å²) in [5, 5.41) is 0. The first-order valence-corrected chi connectivity index (χ1v) is 9.28. The second kappa shape index (κ2) is 6.80. The largest absolute Gasteiger partial charge is 0.363 e. The lowest BCUT2D eigenvalue weighted by Gasteiger charge is -2.11. The summed E-state index contributed by atoms with van der Waals surface area (Å²) in [6.45, 7) is 0. The number of carbonyl (C=O) groups excluding carboxylic acids is 2. The number of ketones is 1. The van der Waals surface area contributed by atoms with E-state index < -0.39 is 11.9 Å². The lowest BCUT2D eigenvalue weighted by molar-refractivity contribution is 0.0931. The van der Waals surface area contributed by atoms with Gasteiger partial charge in [0.15, 0.2) is 11.6 Å². The zero-order chi connectivity index (χ0) is 18.1. The summed E-state index contributed by atoms with van der Waals surface area (Å²) >= 11 is 1.74. The van der Waals surface area contributed by atoms with E-state index in [4.69, 9.17) is 5.73 Å². The van der Waals surface area contributed by atoms with Crippen LogP contribution in [0.3, 0.4) is 0 Å². The monoisotopic (exact) mass is 363 g/mol. The van der Waals surface area contributed by atoms with E-state index in [1.54, 1.807) is 22.5 Å². The van der Waals surface area contributed by atoms with Gasteiger partial charge in [-0.1, -0.05) is 30.3 Å². The zero-order valence-corrected chi connectivity index (χ0v) is 14.8. The molecule has 0 spiro atoms. The molecule has 1 aliphatic carbocycles. The molecule has 0 fully saturated rings. The van der Waals surface area contributed by atoms with E-state index in [1.165, 1.54) is 11.8 Å². The Balaban J connectivity index is 1.55. The molecule has 130 valence electrons. The van der Waals surface area contributed by atoms with E-state index in [2.05, 4.69) is 23.2 Å². The molecule has 1 heterocycles. The minimum atomic E-state index is -0.627. The number of nitrogens with two attached hydrogens (primary N) is 1. The van der Waals surface area contributed by atoms with Crippen LogP contribution in [-0.2, 0) is 12.2 Å². The first kappa shape index (κ1) is 16.6. The maximum absolute atomic E-state index is 12.8. The number of thioether (sulfide) groups is 1. The lowest BCUT2D eigenvalue weighted by Crippen LogP contribution is -2.23. The van der Waals surface area contributed by atoms with Gasteiger partial charge in [-0.05, 0) is 29.3 Å². The first-order valence-electron chi connectivity index (χ1n) is 8.30. The Hall–Kier alpha value is -2.86. The summed E-state index contributed by atoms with van der Waals surface area (Å²) < 4.78 is 1.58. The fourth-order valence-corrected chi connectivity index (χ4v) is 4.19. The van der Waals surface area contributed by atoms with Crippen LogP contribution in [0.2, 0.25) is 0 Å². The third-order valence-electron chi connectivity index (χ3n) is 4.53. The Labute approximate surface area is 155 Å². The van der Waals surface area contributed by atoms with Gasteiger partial charge in [-0.2, -0.15) is 0 Å². The summed E-state index contributed by atoms with van der Waals surface area (Å²) in [4.78, 5) is 29.4. The summed E-state index contributed by atoms with van der Waals surface area (Å²) in [6, 6.07) is 15.8. The number of carbonyl (C=O) groups is 2. The molecule has 0 saturated heterocycles. The molecule has 1 unspecified atom stereocenters. The highest BCUT2D eigenvalue weighted by Crippen LogP contribution is 2.34. The fourth-order valence-electron chi connectivity index (χ4n) is 3.27. The van der Waals surface area contributed by atoms with Gasteiger partial charge in [0.2, 0.25) is 0 Å². The number of Topliss-reactive ketones (excluding diaryl/α,β-unsaturated/α-hetero) is 1. The third-order valence-corrected chi connectivity index (χ3v) is 5.60. The van der Waals surface area contributed by atoms with Gasteiger partial charge >= 0.3 is 0 Å². The normalized spacial score (nSPS) is 15.8. The Morgan fingerprint density at radius 1 is 1.23 bits per heavy atom. The SMILES string of the molecule is NC(=O)c1nccn1C1Cc2cc(SCc3ccccc3)ccc2C1=O. The maximum atomic E-state index is 12.8. The first-order chi connectivity index (χ1) is 12.6. The molecule has 0 aliphatic heterocycles. The van der Waals surface area contributed by atoms with Crippen LogP contribution in [-0.4, -0.2) is 21.2 Å². The molecule has 4 rings (SSSR count). The van der Waals surface area contributed by atoms with E-state index >= 15 is 0 Å². The van der Waals surface area contributed by atoms with Gasteiger partial charge in [-0.25, -0.2) is 4.98 Å². The lowest BCUT2D eigenvalue weighted by atomic mass is 10.1. The van der Waals surface area contributed by atoms with Crippen molar-refractivity contribution in [1.29, 1.82) is 0 Å². The molecule has 1 amide bonds. The van der Waals surface area contributed by atoms with Crippen molar-refractivity contribution >= 4 is 23.5 Å². The molecule has 0 radical (unpaired) electrons. The molecule has 1 atom stereocenters. The van der Waals surface area contributed by atoms with Gasteiger partial charge in [-0.3, -0.25) is 9.59 Å². The Morgan fingerprint density at radius 2 is 2.04 bits per heavy atom. The van der Waals surface area contributed by atoms with Crippen molar-refractivity contribution in [3.05, 3.63) is 83.4 Å². The highest BCUT2D eigenvalue weighted by atomic mass is 32.2. The van der Waals surface area contributed by atoms with Crippen molar-refractivity contribution in [2.45, 2.75) is 23.1 Å². The molecule has 1 aliphatic rings. The van der Waals surface area contributed by atoms with Crippen molar-refractivity contribution in [3.8, 4) is 0 Å². The quantitative estimate of drug-likeness (QED) is 0.706. The van der Waals surface area contributed by atoms with Gasteiger partial charge < -0.3 is 10.3 Å². The van der Waals surface area contributed by atoms with Gasteiger partial charge in [0.05, 0.1) is 0 Å². The molecular weight excluding hydrogens is 346 g/mol. The summed E-state index contributed by atoms with van der Waals surface area (Å²) in [5.41, 5.74) is 8.33. The highest BCUT2D eigenvalue weighted by molar-refractivity contribution is 7.98. The standard InChI is InChI=1S/C20H17N3O2S/c21-19(25)20-22-8-9-23(20)17-11-14-10-15(6-7-16(14)18(17)24)26-12-13-4-2-1-3-5-13/h1-10,17H,11-12H2,(H2,21,25). The molecule has 5 nitrogen and oxygen atoms in total. The zero-order valence-electron chi connectivity index (χ0n) is 14.0. The molecule has 0 bridgehead atoms. The minimum absolute atomic E-state index is 0.000101. The summed E-state index contributed by atoms with van der Waals surface area (Å²) in [7, 11) is 0. The second-order valence-corrected chi connectivity index (χ2v) is 7.25. The van der Waals surface area contributed by atoms with Gasteiger partial charge in [0.1, 0.15) is 6.04 Å². The Morgan fingerprint density at radius 3 is 2.81 bits per heavy atom. The molecule has 3 aromatic rings. The van der Waals surface area contributed by atoms with Crippen LogP contribution in [0.4, 0.5) is 0 Å². The average Bonchev–Trinajstić information content (AvgIpc) is 3.25. The Bertz CT molecular complexity index is 982. The van der Waals surface area contributed by atoms with E-state index in [0.717, 1.165) is 16.2 Å². The van der Waals surface area contributed by atoms with Crippen LogP contribution in [0.25, 0.3) is 0 Å². The van der Waals surface area contributed by atoms with Crippen LogP contribution in [0, 0.1) is 0 Å². The molecule has 26 heavy (non-hydrogen) atoms.